The maximum atomic E-state index is 5.36. The fourth-order valence-electron chi connectivity index (χ4n) is 0.390. The zero-order valence-electron chi connectivity index (χ0n) is 5.52. The number of nitrogens with two attached hydrogens (primary N) is 1. The Morgan fingerprint density at radius 3 is 2.62 bits per heavy atom. The van der Waals surface area contributed by atoms with Crippen molar-refractivity contribution >= 4 is 0 Å². The molecule has 0 bridgehead atoms. The molecular weight excluding hydrogens is 98.1 g/mol. The van der Waals surface area contributed by atoms with Crippen LogP contribution in [0.4, 0.5) is 0 Å². The molecule has 0 spiro atoms. The maximum Gasteiger partial charge on any atom is 0.00115 e. The molecule has 0 aliphatic heterocycles. The Bertz CT molecular complexity index is 97.0. The monoisotopic (exact) mass is 111 g/mol. The van der Waals surface area contributed by atoms with Gasteiger partial charge in [-0.25, -0.2) is 0 Å². The summed E-state index contributed by atoms with van der Waals surface area (Å²) in [7, 11) is 0. The van der Waals surface area contributed by atoms with E-state index in [-0.39, 0.29) is 0 Å². The zero-order chi connectivity index (χ0) is 6.41. The van der Waals surface area contributed by atoms with Crippen LogP contribution in [0.2, 0.25) is 0 Å². The fourth-order valence-corrected chi connectivity index (χ4v) is 0.390. The first-order chi connectivity index (χ1) is 3.77. The van der Waals surface area contributed by atoms with Crippen LogP contribution >= 0.6 is 0 Å². The maximum absolute atomic E-state index is 5.36. The van der Waals surface area contributed by atoms with Crippen molar-refractivity contribution in [1.82, 2.24) is 0 Å². The molecule has 0 aromatic rings. The highest BCUT2D eigenvalue weighted by molar-refractivity contribution is 4.96. The molecule has 0 amide bonds. The first-order valence-electron chi connectivity index (χ1n) is 2.80. The highest BCUT2D eigenvalue weighted by Crippen LogP contribution is 1.87. The van der Waals surface area contributed by atoms with Crippen LogP contribution in [0.3, 0.4) is 0 Å². The molecule has 8 heavy (non-hydrogen) atoms. The molecule has 46 valence electrons. The van der Waals surface area contributed by atoms with Gasteiger partial charge in [-0.2, -0.15) is 0 Å². The second-order valence-electron chi connectivity index (χ2n) is 1.75. The Hall–Kier alpha value is -0.720. The normalized spacial score (nSPS) is 13.0. The van der Waals surface area contributed by atoms with E-state index >= 15 is 0 Å². The standard InChI is InChI=1S/C7H13N/c1-3-4-5-6-7(2)8/h3-4,6H,5,8H2,1-2H3/b4-3-,7-6-. The van der Waals surface area contributed by atoms with Crippen LogP contribution in [0.15, 0.2) is 23.9 Å². The van der Waals surface area contributed by atoms with E-state index in [1.54, 1.807) is 0 Å². The Morgan fingerprint density at radius 2 is 2.25 bits per heavy atom. The van der Waals surface area contributed by atoms with E-state index in [1.165, 1.54) is 0 Å². The minimum Gasteiger partial charge on any atom is -0.403 e. The molecule has 0 aromatic heterocycles. The smallest absolute Gasteiger partial charge is 0.00115 e. The lowest BCUT2D eigenvalue weighted by Crippen LogP contribution is -1.88. The molecule has 0 saturated heterocycles. The Labute approximate surface area is 50.9 Å². The predicted octanol–water partition coefficient (Wildman–Crippen LogP) is 1.82. The summed E-state index contributed by atoms with van der Waals surface area (Å²) in [6.07, 6.45) is 7.02. The average Bonchev–Trinajstić information content (AvgIpc) is 1.66. The summed E-state index contributed by atoms with van der Waals surface area (Å²) < 4.78 is 0. The molecule has 0 aliphatic rings. The fraction of sp³-hybridized carbons (Fsp3) is 0.429. The van der Waals surface area contributed by atoms with Crippen LogP contribution in [0.5, 0.6) is 0 Å². The van der Waals surface area contributed by atoms with Gasteiger partial charge in [-0.15, -0.1) is 0 Å². The minimum atomic E-state index is 0.892. The lowest BCUT2D eigenvalue weighted by molar-refractivity contribution is 1.23. The third kappa shape index (κ3) is 5.28. The zero-order valence-corrected chi connectivity index (χ0v) is 5.52. The topological polar surface area (TPSA) is 26.0 Å². The van der Waals surface area contributed by atoms with Crippen molar-refractivity contribution in [2.24, 2.45) is 5.73 Å². The third-order valence-corrected chi connectivity index (χ3v) is 0.812. The van der Waals surface area contributed by atoms with Crippen LogP contribution in [0.1, 0.15) is 20.3 Å². The van der Waals surface area contributed by atoms with Gasteiger partial charge in [-0.05, 0) is 20.3 Å². The predicted molar refractivity (Wildman–Crippen MR) is 37.4 cm³/mol. The largest absolute Gasteiger partial charge is 0.403 e. The number of hydrogen-bond acceptors (Lipinski definition) is 1. The van der Waals surface area contributed by atoms with E-state index < -0.39 is 0 Å². The van der Waals surface area contributed by atoms with E-state index in [9.17, 15) is 0 Å². The molecule has 0 radical (unpaired) electrons. The van der Waals surface area contributed by atoms with E-state index in [4.69, 9.17) is 5.73 Å². The van der Waals surface area contributed by atoms with Crippen LogP contribution in [0, 0.1) is 0 Å². The van der Waals surface area contributed by atoms with Crippen LogP contribution in [-0.4, -0.2) is 0 Å². The second kappa shape index (κ2) is 4.44. The molecule has 0 aromatic carbocycles. The van der Waals surface area contributed by atoms with Crippen LogP contribution < -0.4 is 5.73 Å². The van der Waals surface area contributed by atoms with Crippen molar-refractivity contribution in [3.05, 3.63) is 23.9 Å². The summed E-state index contributed by atoms with van der Waals surface area (Å²) in [5.41, 5.74) is 6.25. The summed E-state index contributed by atoms with van der Waals surface area (Å²) in [4.78, 5) is 0. The summed E-state index contributed by atoms with van der Waals surface area (Å²) in [5, 5.41) is 0. The molecule has 0 unspecified atom stereocenters. The van der Waals surface area contributed by atoms with Crippen molar-refractivity contribution in [1.29, 1.82) is 0 Å². The van der Waals surface area contributed by atoms with Gasteiger partial charge in [0.2, 0.25) is 0 Å². The molecule has 0 fully saturated rings. The van der Waals surface area contributed by atoms with Gasteiger partial charge in [0.15, 0.2) is 0 Å². The molecule has 1 heteroatoms. The molecule has 0 atom stereocenters. The van der Waals surface area contributed by atoms with Gasteiger partial charge in [0.25, 0.3) is 0 Å². The number of hydrogen-bond donors (Lipinski definition) is 1. The van der Waals surface area contributed by atoms with Crippen LogP contribution in [-0.2, 0) is 0 Å². The van der Waals surface area contributed by atoms with Crippen molar-refractivity contribution in [3.8, 4) is 0 Å². The van der Waals surface area contributed by atoms with E-state index in [0.29, 0.717) is 0 Å². The lowest BCUT2D eigenvalue weighted by atomic mass is 10.3. The van der Waals surface area contributed by atoms with Gasteiger partial charge in [0, 0.05) is 5.70 Å². The summed E-state index contributed by atoms with van der Waals surface area (Å²) >= 11 is 0. The van der Waals surface area contributed by atoms with Gasteiger partial charge in [0.1, 0.15) is 0 Å². The van der Waals surface area contributed by atoms with E-state index in [1.807, 2.05) is 26.0 Å². The van der Waals surface area contributed by atoms with E-state index in [2.05, 4.69) is 6.08 Å². The van der Waals surface area contributed by atoms with Crippen molar-refractivity contribution in [2.75, 3.05) is 0 Å². The van der Waals surface area contributed by atoms with Gasteiger partial charge in [0.05, 0.1) is 0 Å². The third-order valence-electron chi connectivity index (χ3n) is 0.812. The highest BCUT2D eigenvalue weighted by atomic mass is 14.5. The first-order valence-corrected chi connectivity index (χ1v) is 2.80. The van der Waals surface area contributed by atoms with Gasteiger partial charge in [-0.3, -0.25) is 0 Å². The Balaban J connectivity index is 3.30. The van der Waals surface area contributed by atoms with Crippen molar-refractivity contribution < 1.29 is 0 Å². The van der Waals surface area contributed by atoms with E-state index in [0.717, 1.165) is 12.1 Å². The van der Waals surface area contributed by atoms with Gasteiger partial charge in [-0.1, -0.05) is 18.2 Å². The highest BCUT2D eigenvalue weighted by Gasteiger charge is 1.71. The molecule has 0 heterocycles. The lowest BCUT2D eigenvalue weighted by Gasteiger charge is -1.84. The molecule has 1 nitrogen and oxygen atoms in total. The number of allylic oxidation sites excluding steroid dienone is 4. The molecule has 0 aliphatic carbocycles. The van der Waals surface area contributed by atoms with Crippen molar-refractivity contribution in [3.63, 3.8) is 0 Å². The molecule has 0 rings (SSSR count). The Morgan fingerprint density at radius 1 is 1.62 bits per heavy atom. The summed E-state index contributed by atoms with van der Waals surface area (Å²) in [6, 6.07) is 0. The second-order valence-corrected chi connectivity index (χ2v) is 1.75. The molecule has 0 saturated carbocycles. The van der Waals surface area contributed by atoms with Gasteiger partial charge < -0.3 is 5.73 Å². The van der Waals surface area contributed by atoms with Gasteiger partial charge >= 0.3 is 0 Å². The summed E-state index contributed by atoms with van der Waals surface area (Å²) in [6.45, 7) is 3.89. The van der Waals surface area contributed by atoms with Crippen molar-refractivity contribution in [2.45, 2.75) is 20.3 Å². The number of rotatable bonds is 2. The SMILES string of the molecule is C/C=C\C/C=C(/C)N. The average molecular weight is 111 g/mol. The minimum absolute atomic E-state index is 0.892. The summed E-state index contributed by atoms with van der Waals surface area (Å²) in [5.74, 6) is 0. The Kier molecular flexibility index (Phi) is 4.04. The molecule has 2 N–H and O–H groups in total. The van der Waals surface area contributed by atoms with Crippen LogP contribution in [0.25, 0.3) is 0 Å². The first kappa shape index (κ1) is 7.28. The quantitative estimate of drug-likeness (QED) is 0.540. The molecular formula is C7H13N.